The Bertz CT molecular complexity index is 2680. The maximum absolute atomic E-state index is 13.3. The van der Waals surface area contributed by atoms with Crippen LogP contribution in [0.3, 0.4) is 0 Å². The molecule has 0 heterocycles. The highest BCUT2D eigenvalue weighted by Crippen LogP contribution is 2.46. The molecule has 8 nitrogen and oxygen atoms in total. The number of hydrogen-bond donors (Lipinski definition) is 2. The van der Waals surface area contributed by atoms with E-state index in [2.05, 4.69) is 10.0 Å². The second kappa shape index (κ2) is 22.8. The third kappa shape index (κ3) is 16.6. The molecule has 0 saturated heterocycles. The summed E-state index contributed by atoms with van der Waals surface area (Å²) in [4.78, 5) is -1.30. The van der Waals surface area contributed by atoms with Gasteiger partial charge >= 0.3 is 24.7 Å². The summed E-state index contributed by atoms with van der Waals surface area (Å²) in [5.41, 5.74) is -8.33. The van der Waals surface area contributed by atoms with Gasteiger partial charge in [0.15, 0.2) is 0 Å². The molecule has 4 aromatic carbocycles. The molecular formula is C42H41Cl3F12N2O6S3. The highest BCUT2D eigenvalue weighted by Gasteiger charge is 2.43. The van der Waals surface area contributed by atoms with Crippen molar-refractivity contribution in [1.82, 2.24) is 10.0 Å². The van der Waals surface area contributed by atoms with Gasteiger partial charge in [0.05, 0.1) is 27.1 Å². The Morgan fingerprint density at radius 3 is 1.50 bits per heavy atom. The van der Waals surface area contributed by atoms with Gasteiger partial charge in [-0.2, -0.15) is 65.8 Å². The molecular weight excluding hydrogens is 1060 g/mol. The lowest BCUT2D eigenvalue weighted by Gasteiger charge is -2.36. The average molecular weight is 1100 g/mol. The summed E-state index contributed by atoms with van der Waals surface area (Å²) in [6.45, 7) is 0. The molecule has 0 aromatic heterocycles. The van der Waals surface area contributed by atoms with Gasteiger partial charge in [-0.25, -0.2) is 16.8 Å². The number of rotatable bonds is 10. The first-order valence-corrected chi connectivity index (χ1v) is 27.2. The minimum Gasteiger partial charge on any atom is -0.310 e. The Morgan fingerprint density at radius 1 is 0.515 bits per heavy atom. The van der Waals surface area contributed by atoms with Crippen LogP contribution in [0.25, 0.3) is 11.1 Å². The highest BCUT2D eigenvalue weighted by atomic mass is 35.7. The van der Waals surface area contributed by atoms with Gasteiger partial charge in [-0.05, 0) is 78.6 Å². The normalized spacial score (nSPS) is 18.4. The van der Waals surface area contributed by atoms with E-state index >= 15 is 0 Å². The van der Waals surface area contributed by atoms with E-state index in [-0.39, 0.29) is 12.1 Å². The fourth-order valence-corrected chi connectivity index (χ4v) is 11.5. The number of benzene rings is 4. The van der Waals surface area contributed by atoms with E-state index in [0.717, 1.165) is 86.0 Å². The lowest BCUT2D eigenvalue weighted by Crippen LogP contribution is -2.53. The van der Waals surface area contributed by atoms with Crippen LogP contribution in [0.5, 0.6) is 0 Å². The molecule has 2 saturated carbocycles. The summed E-state index contributed by atoms with van der Waals surface area (Å²) in [7, 11) is 2.52. The van der Waals surface area contributed by atoms with E-state index in [0.29, 0.717) is 24.2 Å². The topological polar surface area (TPSA) is 126 Å². The maximum Gasteiger partial charge on any atom is 0.418 e. The summed E-state index contributed by atoms with van der Waals surface area (Å²) >= 11 is 0. The van der Waals surface area contributed by atoms with E-state index in [1.54, 1.807) is 0 Å². The first-order valence-electron chi connectivity index (χ1n) is 20.2. The second-order valence-electron chi connectivity index (χ2n) is 15.6. The Morgan fingerprint density at radius 2 is 0.985 bits per heavy atom. The highest BCUT2D eigenvalue weighted by molar-refractivity contribution is 8.14. The maximum atomic E-state index is 13.3. The number of nitrogens with one attached hydrogen (secondary N) is 2. The van der Waals surface area contributed by atoms with Crippen LogP contribution in [0.15, 0.2) is 95.9 Å². The quantitative estimate of drug-likeness (QED) is 0.120. The molecule has 2 N–H and O–H groups in total. The predicted octanol–water partition coefficient (Wildman–Crippen LogP) is 13.2. The van der Waals surface area contributed by atoms with Crippen LogP contribution in [-0.2, 0) is 58.5 Å². The molecule has 0 radical (unpaired) electrons. The van der Waals surface area contributed by atoms with Gasteiger partial charge in [-0.1, -0.05) is 98.8 Å². The van der Waals surface area contributed by atoms with Crippen LogP contribution in [0, 0.1) is 0 Å². The van der Waals surface area contributed by atoms with Crippen LogP contribution in [-0.4, -0.2) is 43.4 Å². The first-order chi connectivity index (χ1) is 31.2. The number of halogens is 15. The third-order valence-corrected chi connectivity index (χ3v) is 14.9. The van der Waals surface area contributed by atoms with Gasteiger partial charge in [-0.3, -0.25) is 0 Å². The van der Waals surface area contributed by atoms with Gasteiger partial charge in [-0.15, -0.1) is 0 Å². The van der Waals surface area contributed by atoms with Crippen molar-refractivity contribution in [2.45, 2.75) is 117 Å². The molecule has 2 aliphatic carbocycles. The van der Waals surface area contributed by atoms with E-state index in [1.807, 2.05) is 0 Å². The molecule has 3 unspecified atom stereocenters. The summed E-state index contributed by atoms with van der Waals surface area (Å²) in [5, 5.41) is 1.65. The van der Waals surface area contributed by atoms with Crippen molar-refractivity contribution in [1.29, 1.82) is 0 Å². The second-order valence-corrected chi connectivity index (χ2v) is 23.3. The molecule has 6 rings (SSSR count). The zero-order valence-electron chi connectivity index (χ0n) is 34.9. The summed E-state index contributed by atoms with van der Waals surface area (Å²) in [5.74, 6) is 0. The standard InChI is InChI=1S/C16H11ClF6O2S.C14H7ClF6O2S.C12H23ClN2O2S/c17-26(24,25)14(11-6-2-4-8-13(11)16(21,22)23)9-10-5-1-3-7-12(10)15(18,19)20;15-24(22,23)11-7-3-5-9(12(11)14(19,20)21)8-4-1-2-6-10(8)13(16,17)18;13-18(16,17)15-12-9-5-4-8-11(12)14-10-6-2-1-3-7-10/h1-8,14H,9H2;1-7H;10-12,14-15H,1-9H2. The van der Waals surface area contributed by atoms with Crippen molar-refractivity contribution in [2.24, 2.45) is 0 Å². The van der Waals surface area contributed by atoms with Gasteiger partial charge in [0.1, 0.15) is 5.25 Å². The minimum atomic E-state index is -5.23. The van der Waals surface area contributed by atoms with Crippen molar-refractivity contribution in [3.63, 3.8) is 0 Å². The Hall–Kier alpha value is -3.32. The molecule has 0 aliphatic heterocycles. The molecule has 378 valence electrons. The van der Waals surface area contributed by atoms with Crippen LogP contribution in [0.2, 0.25) is 0 Å². The minimum absolute atomic E-state index is 0.0387. The van der Waals surface area contributed by atoms with Crippen LogP contribution in [0.4, 0.5) is 52.7 Å². The lowest BCUT2D eigenvalue weighted by atomic mass is 9.88. The summed E-state index contributed by atoms with van der Waals surface area (Å²) in [6.07, 6.45) is -10.2. The van der Waals surface area contributed by atoms with Crippen molar-refractivity contribution in [3.8, 4) is 11.1 Å². The van der Waals surface area contributed by atoms with E-state index in [9.17, 15) is 77.9 Å². The van der Waals surface area contributed by atoms with Gasteiger partial charge < -0.3 is 5.32 Å². The lowest BCUT2D eigenvalue weighted by molar-refractivity contribution is -0.140. The van der Waals surface area contributed by atoms with Crippen molar-refractivity contribution < 1.29 is 77.9 Å². The molecule has 2 aliphatic rings. The Balaban J connectivity index is 0.000000226. The van der Waals surface area contributed by atoms with Crippen molar-refractivity contribution >= 4 is 59.4 Å². The van der Waals surface area contributed by atoms with Crippen LogP contribution >= 0.6 is 32.0 Å². The molecule has 2 fully saturated rings. The molecule has 0 spiro atoms. The predicted molar refractivity (Wildman–Crippen MR) is 233 cm³/mol. The zero-order chi connectivity index (χ0) is 51.1. The van der Waals surface area contributed by atoms with E-state index < -0.39 is 113 Å². The van der Waals surface area contributed by atoms with Crippen molar-refractivity contribution in [3.05, 3.63) is 124 Å². The van der Waals surface area contributed by atoms with Crippen LogP contribution in [0.1, 0.15) is 96.4 Å². The fourth-order valence-electron chi connectivity index (χ4n) is 8.01. The third-order valence-electron chi connectivity index (χ3n) is 10.9. The monoisotopic (exact) mass is 1100 g/mol. The van der Waals surface area contributed by atoms with Gasteiger partial charge in [0.25, 0.3) is 18.3 Å². The smallest absolute Gasteiger partial charge is 0.310 e. The van der Waals surface area contributed by atoms with Gasteiger partial charge in [0, 0.05) is 50.2 Å². The largest absolute Gasteiger partial charge is 0.418 e. The molecule has 0 bridgehead atoms. The zero-order valence-corrected chi connectivity index (χ0v) is 39.6. The molecule has 0 amide bonds. The summed E-state index contributed by atoms with van der Waals surface area (Å²) in [6, 6.07) is 14.4. The SMILES string of the molecule is O=S(=O)(Cl)C(Cc1ccccc1C(F)(F)F)c1ccccc1C(F)(F)F.O=S(=O)(Cl)NC1CCCCC1NC1CCCCC1.O=S(=O)(Cl)c1cccc(-c2ccccc2C(F)(F)F)c1C(F)(F)F. The molecule has 68 heavy (non-hydrogen) atoms. The molecule has 4 aromatic rings. The number of hydrogen-bond acceptors (Lipinski definition) is 7. The fraction of sp³-hybridized carbons (Fsp3) is 0.429. The Labute approximate surface area is 398 Å². The van der Waals surface area contributed by atoms with Crippen molar-refractivity contribution in [2.75, 3.05) is 0 Å². The number of alkyl halides is 12. The average Bonchev–Trinajstić information content (AvgIpc) is 3.22. The summed E-state index contributed by atoms with van der Waals surface area (Å²) < 4.78 is 230. The first kappa shape index (κ1) is 57.3. The van der Waals surface area contributed by atoms with Gasteiger partial charge in [0.2, 0.25) is 9.05 Å². The molecule has 3 atom stereocenters. The molecule has 26 heteroatoms. The Kier molecular flexibility index (Phi) is 19.2. The van der Waals surface area contributed by atoms with E-state index in [1.165, 1.54) is 44.6 Å². The van der Waals surface area contributed by atoms with Crippen LogP contribution < -0.4 is 10.0 Å². The van der Waals surface area contributed by atoms with E-state index in [4.69, 9.17) is 32.0 Å².